The largest absolute Gasteiger partial charge is 0.378 e. The fourth-order valence-electron chi connectivity index (χ4n) is 1.94. The van der Waals surface area contributed by atoms with Crippen LogP contribution in [0.5, 0.6) is 0 Å². The molecule has 1 aromatic carbocycles. The Morgan fingerprint density at radius 2 is 2.22 bits per heavy atom. The smallest absolute Gasteiger partial charge is 0.0632 e. The molecule has 1 atom stereocenters. The van der Waals surface area contributed by atoms with E-state index in [2.05, 4.69) is 41.0 Å². The quantitative estimate of drug-likeness (QED) is 0.765. The topological polar surface area (TPSA) is 33.3 Å². The van der Waals surface area contributed by atoms with E-state index >= 15 is 0 Å². The second kappa shape index (κ2) is 8.53. The maximum Gasteiger partial charge on any atom is 0.0632 e. The monoisotopic (exact) mass is 266 g/mol. The Morgan fingerprint density at radius 3 is 3.11 bits per heavy atom. The van der Waals surface area contributed by atoms with Crippen molar-refractivity contribution in [2.45, 2.75) is 11.8 Å². The van der Waals surface area contributed by atoms with E-state index in [1.165, 1.54) is 5.56 Å². The lowest BCUT2D eigenvalue weighted by molar-refractivity contribution is 0.134. The number of hydrogen-bond acceptors (Lipinski definition) is 4. The van der Waals surface area contributed by atoms with Crippen molar-refractivity contribution in [1.82, 2.24) is 10.6 Å². The molecule has 3 nitrogen and oxygen atoms in total. The summed E-state index contributed by atoms with van der Waals surface area (Å²) < 4.78 is 5.50. The normalized spacial score (nSPS) is 20.6. The van der Waals surface area contributed by atoms with E-state index in [1.54, 1.807) is 0 Å². The number of ether oxygens (including phenoxy) is 1. The first-order chi connectivity index (χ1) is 8.95. The van der Waals surface area contributed by atoms with Gasteiger partial charge in [0.15, 0.2) is 0 Å². The zero-order chi connectivity index (χ0) is 12.5. The maximum atomic E-state index is 5.50. The van der Waals surface area contributed by atoms with Gasteiger partial charge >= 0.3 is 0 Å². The molecular formula is C14H22N2OS. The Kier molecular flexibility index (Phi) is 6.58. The molecule has 0 amide bonds. The Labute approximate surface area is 114 Å². The average molecular weight is 266 g/mol. The molecule has 1 aliphatic heterocycles. The molecule has 1 unspecified atom stereocenters. The van der Waals surface area contributed by atoms with Crippen LogP contribution in [0.2, 0.25) is 0 Å². The number of nitrogens with one attached hydrogen (secondary N) is 2. The fraction of sp³-hybridized carbons (Fsp3) is 0.571. The Morgan fingerprint density at radius 1 is 1.33 bits per heavy atom. The highest BCUT2D eigenvalue weighted by molar-refractivity contribution is 7.98. The van der Waals surface area contributed by atoms with Crippen LogP contribution in [0.1, 0.15) is 5.56 Å². The molecule has 18 heavy (non-hydrogen) atoms. The molecule has 1 heterocycles. The first-order valence-corrected chi connectivity index (χ1v) is 7.74. The highest BCUT2D eigenvalue weighted by atomic mass is 32.2. The summed E-state index contributed by atoms with van der Waals surface area (Å²) in [5.41, 5.74) is 1.40. The molecule has 0 aliphatic carbocycles. The SMILES string of the molecule is c1ccc(CSCCNC2CNCCOC2)cc1. The third-order valence-electron chi connectivity index (χ3n) is 2.92. The van der Waals surface area contributed by atoms with Gasteiger partial charge in [-0.3, -0.25) is 0 Å². The predicted octanol–water partition coefficient (Wildman–Crippen LogP) is 1.50. The van der Waals surface area contributed by atoms with Crippen molar-refractivity contribution >= 4 is 11.8 Å². The number of hydrogen-bond donors (Lipinski definition) is 2. The second-order valence-corrected chi connectivity index (χ2v) is 5.57. The van der Waals surface area contributed by atoms with Gasteiger partial charge in [-0.05, 0) is 5.56 Å². The van der Waals surface area contributed by atoms with Gasteiger partial charge < -0.3 is 15.4 Å². The summed E-state index contributed by atoms with van der Waals surface area (Å²) in [6, 6.07) is 11.1. The van der Waals surface area contributed by atoms with E-state index in [1.807, 2.05) is 11.8 Å². The highest BCUT2D eigenvalue weighted by Crippen LogP contribution is 2.10. The van der Waals surface area contributed by atoms with Crippen molar-refractivity contribution in [3.8, 4) is 0 Å². The number of rotatable bonds is 6. The highest BCUT2D eigenvalue weighted by Gasteiger charge is 2.10. The standard InChI is InChI=1S/C14H22N2OS/c1-2-4-13(5-3-1)12-18-9-7-16-14-10-15-6-8-17-11-14/h1-5,14-16H,6-12H2. The van der Waals surface area contributed by atoms with Crippen molar-refractivity contribution in [2.24, 2.45) is 0 Å². The molecule has 4 heteroatoms. The summed E-state index contributed by atoms with van der Waals surface area (Å²) in [4.78, 5) is 0. The summed E-state index contributed by atoms with van der Waals surface area (Å²) in [7, 11) is 0. The summed E-state index contributed by atoms with van der Waals surface area (Å²) >= 11 is 1.98. The molecule has 0 spiro atoms. The Bertz CT molecular complexity index is 313. The maximum absolute atomic E-state index is 5.50. The van der Waals surface area contributed by atoms with E-state index in [0.717, 1.165) is 44.4 Å². The van der Waals surface area contributed by atoms with Gasteiger partial charge in [0, 0.05) is 37.2 Å². The van der Waals surface area contributed by atoms with Crippen LogP contribution in [0.15, 0.2) is 30.3 Å². The van der Waals surface area contributed by atoms with Crippen molar-refractivity contribution < 1.29 is 4.74 Å². The fourth-order valence-corrected chi connectivity index (χ4v) is 2.77. The lowest BCUT2D eigenvalue weighted by atomic mass is 10.2. The molecule has 0 bridgehead atoms. The van der Waals surface area contributed by atoms with Crippen molar-refractivity contribution in [2.75, 3.05) is 38.6 Å². The minimum absolute atomic E-state index is 0.463. The third-order valence-corrected chi connectivity index (χ3v) is 3.95. The van der Waals surface area contributed by atoms with Gasteiger partial charge in [-0.1, -0.05) is 30.3 Å². The van der Waals surface area contributed by atoms with E-state index in [9.17, 15) is 0 Å². The van der Waals surface area contributed by atoms with E-state index in [-0.39, 0.29) is 0 Å². The van der Waals surface area contributed by atoms with Gasteiger partial charge in [-0.15, -0.1) is 0 Å². The average Bonchev–Trinajstić information content (AvgIpc) is 2.68. The van der Waals surface area contributed by atoms with Gasteiger partial charge in [-0.25, -0.2) is 0 Å². The molecule has 0 radical (unpaired) electrons. The molecule has 1 fully saturated rings. The minimum atomic E-state index is 0.463. The second-order valence-electron chi connectivity index (χ2n) is 4.47. The lowest BCUT2D eigenvalue weighted by Crippen LogP contribution is -2.40. The van der Waals surface area contributed by atoms with Gasteiger partial charge in [-0.2, -0.15) is 11.8 Å². The van der Waals surface area contributed by atoms with Crippen LogP contribution in [-0.2, 0) is 10.5 Å². The molecule has 100 valence electrons. The zero-order valence-corrected chi connectivity index (χ0v) is 11.5. The van der Waals surface area contributed by atoms with Crippen LogP contribution in [0.25, 0.3) is 0 Å². The summed E-state index contributed by atoms with van der Waals surface area (Å²) in [6.45, 7) is 4.70. The summed E-state index contributed by atoms with van der Waals surface area (Å²) in [5, 5.41) is 6.91. The number of thioether (sulfide) groups is 1. The van der Waals surface area contributed by atoms with Crippen molar-refractivity contribution in [3.05, 3.63) is 35.9 Å². The van der Waals surface area contributed by atoms with Gasteiger partial charge in [0.25, 0.3) is 0 Å². The summed E-state index contributed by atoms with van der Waals surface area (Å²) in [6.07, 6.45) is 0. The van der Waals surface area contributed by atoms with Crippen LogP contribution < -0.4 is 10.6 Å². The third kappa shape index (κ3) is 5.40. The molecule has 1 aromatic rings. The Balaban J connectivity index is 1.53. The van der Waals surface area contributed by atoms with Gasteiger partial charge in [0.1, 0.15) is 0 Å². The first kappa shape index (κ1) is 13.9. The van der Waals surface area contributed by atoms with Crippen LogP contribution in [0.4, 0.5) is 0 Å². The zero-order valence-electron chi connectivity index (χ0n) is 10.7. The van der Waals surface area contributed by atoms with Crippen molar-refractivity contribution in [1.29, 1.82) is 0 Å². The van der Waals surface area contributed by atoms with E-state index in [4.69, 9.17) is 4.74 Å². The molecular weight excluding hydrogens is 244 g/mol. The molecule has 2 rings (SSSR count). The number of benzene rings is 1. The first-order valence-electron chi connectivity index (χ1n) is 6.58. The minimum Gasteiger partial charge on any atom is -0.378 e. The molecule has 2 N–H and O–H groups in total. The summed E-state index contributed by atoms with van der Waals surface area (Å²) in [5.74, 6) is 2.24. The van der Waals surface area contributed by atoms with E-state index in [0.29, 0.717) is 6.04 Å². The molecule has 0 aromatic heterocycles. The van der Waals surface area contributed by atoms with Crippen LogP contribution >= 0.6 is 11.8 Å². The lowest BCUT2D eigenvalue weighted by Gasteiger charge is -2.15. The predicted molar refractivity (Wildman–Crippen MR) is 78.1 cm³/mol. The van der Waals surface area contributed by atoms with Crippen LogP contribution in [0.3, 0.4) is 0 Å². The van der Waals surface area contributed by atoms with Crippen molar-refractivity contribution in [3.63, 3.8) is 0 Å². The van der Waals surface area contributed by atoms with Crippen LogP contribution in [-0.4, -0.2) is 44.6 Å². The molecule has 1 aliphatic rings. The Hall–Kier alpha value is -0.550. The van der Waals surface area contributed by atoms with Gasteiger partial charge in [0.2, 0.25) is 0 Å². The molecule has 0 saturated carbocycles. The van der Waals surface area contributed by atoms with Gasteiger partial charge in [0.05, 0.1) is 13.2 Å². The van der Waals surface area contributed by atoms with Crippen LogP contribution in [0, 0.1) is 0 Å². The van der Waals surface area contributed by atoms with E-state index < -0.39 is 0 Å². The molecule has 1 saturated heterocycles.